The van der Waals surface area contributed by atoms with Crippen LogP contribution >= 0.6 is 0 Å². The highest BCUT2D eigenvalue weighted by atomic mass is 16.6. The summed E-state index contributed by atoms with van der Waals surface area (Å²) in [6, 6.07) is -1.22. The van der Waals surface area contributed by atoms with Crippen LogP contribution in [0.1, 0.15) is 0 Å². The number of hydrogen-bond donors (Lipinski definition) is 3. The summed E-state index contributed by atoms with van der Waals surface area (Å²) in [5, 5.41) is 26.9. The number of ether oxygens (including phenoxy) is 1. The van der Waals surface area contributed by atoms with Crippen LogP contribution in [-0.2, 0) is 4.74 Å². The predicted octanol–water partition coefficient (Wildman–Crippen LogP) is -2.19. The minimum Gasteiger partial charge on any atom is -0.395 e. The van der Waals surface area contributed by atoms with Crippen molar-refractivity contribution in [3.8, 4) is 0 Å². The van der Waals surface area contributed by atoms with Crippen molar-refractivity contribution in [3.05, 3.63) is 0 Å². The van der Waals surface area contributed by atoms with Gasteiger partial charge in [0.25, 0.3) is 0 Å². The highest BCUT2D eigenvalue weighted by Crippen LogP contribution is 2.33. The summed E-state index contributed by atoms with van der Waals surface area (Å²) in [7, 11) is 0. The summed E-state index contributed by atoms with van der Waals surface area (Å²) in [5.41, 5.74) is 0. The van der Waals surface area contributed by atoms with Crippen LogP contribution in [0.5, 0.6) is 0 Å². The first-order valence-electron chi connectivity index (χ1n) is 6.02. The molecule has 0 aliphatic carbocycles. The third-order valence-electron chi connectivity index (χ3n) is 3.02. The van der Waals surface area contributed by atoms with E-state index in [9.17, 15) is 9.59 Å². The number of β-amino-alcohol motifs (C(OH)–C–C–N with tert-alkyl or cyclic N) is 3. The summed E-state index contributed by atoms with van der Waals surface area (Å²) in [6.45, 7) is -0.905. The lowest BCUT2D eigenvalue weighted by molar-refractivity contribution is 0.0888. The quantitative estimate of drug-likeness (QED) is 0.474. The highest BCUT2D eigenvalue weighted by molar-refractivity contribution is 5.95. The number of rotatable bonds is 6. The number of amides is 4. The fourth-order valence-corrected chi connectivity index (χ4v) is 2.11. The van der Waals surface area contributed by atoms with Crippen molar-refractivity contribution in [1.82, 2.24) is 14.7 Å². The molecule has 2 saturated heterocycles. The molecular weight excluding hydrogens is 258 g/mol. The molecule has 19 heavy (non-hydrogen) atoms. The van der Waals surface area contributed by atoms with E-state index >= 15 is 0 Å². The van der Waals surface area contributed by atoms with Gasteiger partial charge in [-0.1, -0.05) is 0 Å². The van der Waals surface area contributed by atoms with Crippen LogP contribution in [0.3, 0.4) is 0 Å². The Labute approximate surface area is 109 Å². The average Bonchev–Trinajstić information content (AvgIpc) is 3.17. The standard InChI is InChI=1S/C10H17N3O6/c14-4-1-11-7-8(19-7)12(2-5-15)10(18)13(3-6-16)9(11)17/h7-8,14-16H,1-6H2. The van der Waals surface area contributed by atoms with E-state index in [4.69, 9.17) is 20.1 Å². The number of nitrogens with zero attached hydrogens (tertiary/aromatic N) is 3. The number of aliphatic hydroxyl groups is 3. The van der Waals surface area contributed by atoms with Crippen LogP contribution in [0.25, 0.3) is 0 Å². The van der Waals surface area contributed by atoms with Crippen LogP contribution in [0.15, 0.2) is 0 Å². The molecule has 4 amide bonds. The maximum Gasteiger partial charge on any atom is 0.330 e. The molecule has 2 heterocycles. The highest BCUT2D eigenvalue weighted by Gasteiger charge is 2.56. The number of aliphatic hydroxyl groups excluding tert-OH is 3. The van der Waals surface area contributed by atoms with E-state index in [-0.39, 0.29) is 39.5 Å². The van der Waals surface area contributed by atoms with Gasteiger partial charge in [0.05, 0.1) is 26.4 Å². The number of carbonyl (C=O) groups is 2. The maximum atomic E-state index is 12.2. The van der Waals surface area contributed by atoms with Crippen LogP contribution in [0.4, 0.5) is 9.59 Å². The number of hydrogen-bond acceptors (Lipinski definition) is 6. The number of carbonyl (C=O) groups excluding carboxylic acids is 2. The third kappa shape index (κ3) is 2.50. The number of urea groups is 2. The van der Waals surface area contributed by atoms with Crippen LogP contribution in [0.2, 0.25) is 0 Å². The molecule has 2 aliphatic heterocycles. The zero-order valence-electron chi connectivity index (χ0n) is 10.3. The lowest BCUT2D eigenvalue weighted by Crippen LogP contribution is -2.50. The van der Waals surface area contributed by atoms with Gasteiger partial charge in [-0.15, -0.1) is 0 Å². The van der Waals surface area contributed by atoms with E-state index in [1.807, 2.05) is 0 Å². The Morgan fingerprint density at radius 2 is 1.26 bits per heavy atom. The SMILES string of the molecule is O=C1N(CCO)C(=O)N(CCO)C2OC2N1CCO. The van der Waals surface area contributed by atoms with Crippen molar-refractivity contribution in [2.45, 2.75) is 12.5 Å². The first-order chi connectivity index (χ1) is 9.15. The molecule has 0 bridgehead atoms. The maximum absolute atomic E-state index is 12.2. The minimum atomic E-state index is -0.610. The normalized spacial score (nSPS) is 26.6. The molecule has 3 N–H and O–H groups in total. The first kappa shape index (κ1) is 14.0. The van der Waals surface area contributed by atoms with Crippen molar-refractivity contribution in [2.75, 3.05) is 39.5 Å². The molecule has 0 radical (unpaired) electrons. The first-order valence-corrected chi connectivity index (χ1v) is 6.02. The molecule has 0 aromatic carbocycles. The van der Waals surface area contributed by atoms with Crippen molar-refractivity contribution >= 4 is 12.1 Å². The van der Waals surface area contributed by atoms with Crippen LogP contribution in [0, 0.1) is 0 Å². The van der Waals surface area contributed by atoms with Gasteiger partial charge in [0.2, 0.25) is 0 Å². The Morgan fingerprint density at radius 3 is 1.63 bits per heavy atom. The van der Waals surface area contributed by atoms with E-state index in [0.29, 0.717) is 0 Å². The van der Waals surface area contributed by atoms with Crippen molar-refractivity contribution < 1.29 is 29.6 Å². The van der Waals surface area contributed by atoms with E-state index in [1.165, 1.54) is 9.80 Å². The second kappa shape index (κ2) is 5.70. The lowest BCUT2D eigenvalue weighted by atomic mass is 10.4. The fraction of sp³-hybridized carbons (Fsp3) is 0.800. The van der Waals surface area contributed by atoms with Crippen LogP contribution < -0.4 is 0 Å². The number of epoxide rings is 1. The van der Waals surface area contributed by atoms with Gasteiger partial charge in [0.15, 0.2) is 12.5 Å². The molecule has 2 unspecified atom stereocenters. The van der Waals surface area contributed by atoms with Gasteiger partial charge in [-0.2, -0.15) is 0 Å². The van der Waals surface area contributed by atoms with E-state index < -0.39 is 24.5 Å². The van der Waals surface area contributed by atoms with Gasteiger partial charge in [0, 0.05) is 13.1 Å². The predicted molar refractivity (Wildman–Crippen MR) is 60.8 cm³/mol. The largest absolute Gasteiger partial charge is 0.395 e. The second-order valence-electron chi connectivity index (χ2n) is 4.19. The van der Waals surface area contributed by atoms with Gasteiger partial charge >= 0.3 is 12.1 Å². The molecule has 2 fully saturated rings. The topological polar surface area (TPSA) is 117 Å². The molecule has 0 saturated carbocycles. The zero-order chi connectivity index (χ0) is 14.0. The summed E-state index contributed by atoms with van der Waals surface area (Å²) in [4.78, 5) is 27.7. The zero-order valence-corrected chi connectivity index (χ0v) is 10.3. The monoisotopic (exact) mass is 275 g/mol. The lowest BCUT2D eigenvalue weighted by Gasteiger charge is -2.27. The Balaban J connectivity index is 2.22. The third-order valence-corrected chi connectivity index (χ3v) is 3.02. The summed E-state index contributed by atoms with van der Waals surface area (Å²) in [6.07, 6.45) is -1.20. The smallest absolute Gasteiger partial charge is 0.330 e. The van der Waals surface area contributed by atoms with Gasteiger partial charge in [-0.3, -0.25) is 9.80 Å². The fourth-order valence-electron chi connectivity index (χ4n) is 2.11. The molecular formula is C10H17N3O6. The van der Waals surface area contributed by atoms with Gasteiger partial charge < -0.3 is 20.1 Å². The van der Waals surface area contributed by atoms with E-state index in [0.717, 1.165) is 4.90 Å². The van der Waals surface area contributed by atoms with Crippen molar-refractivity contribution in [3.63, 3.8) is 0 Å². The molecule has 0 aromatic rings. The molecule has 9 nitrogen and oxygen atoms in total. The van der Waals surface area contributed by atoms with E-state index in [2.05, 4.69) is 0 Å². The molecule has 108 valence electrons. The Morgan fingerprint density at radius 1 is 0.842 bits per heavy atom. The molecule has 2 rings (SSSR count). The van der Waals surface area contributed by atoms with Gasteiger partial charge in [-0.05, 0) is 0 Å². The van der Waals surface area contributed by atoms with Crippen molar-refractivity contribution in [2.24, 2.45) is 0 Å². The van der Waals surface area contributed by atoms with Gasteiger partial charge in [-0.25, -0.2) is 14.5 Å². The molecule has 0 aromatic heterocycles. The van der Waals surface area contributed by atoms with Crippen LogP contribution in [-0.4, -0.2) is 94.0 Å². The van der Waals surface area contributed by atoms with Crippen molar-refractivity contribution in [1.29, 1.82) is 0 Å². The van der Waals surface area contributed by atoms with E-state index in [1.54, 1.807) is 0 Å². The average molecular weight is 275 g/mol. The van der Waals surface area contributed by atoms with Gasteiger partial charge in [0.1, 0.15) is 0 Å². The summed E-state index contributed by atoms with van der Waals surface area (Å²) < 4.78 is 5.25. The Hall–Kier alpha value is -1.42. The summed E-state index contributed by atoms with van der Waals surface area (Å²) >= 11 is 0. The number of imide groups is 1. The molecule has 2 aliphatic rings. The Bertz CT molecular complexity index is 335. The Kier molecular flexibility index (Phi) is 4.20. The molecule has 9 heteroatoms. The number of fused-ring (bicyclic) bond motifs is 1. The molecule has 0 spiro atoms. The summed E-state index contributed by atoms with van der Waals surface area (Å²) in [5.74, 6) is 0. The minimum absolute atomic E-state index is 0.0438. The molecule has 2 atom stereocenters. The second-order valence-corrected chi connectivity index (χ2v) is 4.19.